The summed E-state index contributed by atoms with van der Waals surface area (Å²) in [5.74, 6) is -0.809. The smallest absolute Gasteiger partial charge is 0.407 e. The van der Waals surface area contributed by atoms with Crippen molar-refractivity contribution in [3.63, 3.8) is 0 Å². The van der Waals surface area contributed by atoms with E-state index in [0.717, 1.165) is 0 Å². The van der Waals surface area contributed by atoms with Crippen LogP contribution in [-0.2, 0) is 9.53 Å². The van der Waals surface area contributed by atoms with Crippen LogP contribution < -0.4 is 5.32 Å². The zero-order valence-corrected chi connectivity index (χ0v) is 9.36. The number of aliphatic carboxylic acids is 1. The molecule has 5 heteroatoms. The van der Waals surface area contributed by atoms with Crippen LogP contribution in [0.5, 0.6) is 0 Å². The second-order valence-electron chi connectivity index (χ2n) is 4.34. The molecular formula is C11H17NO4. The van der Waals surface area contributed by atoms with E-state index in [-0.39, 0.29) is 12.6 Å². The number of hydrogen-bond donors (Lipinski definition) is 2. The van der Waals surface area contributed by atoms with Crippen LogP contribution in [-0.4, -0.2) is 29.8 Å². The van der Waals surface area contributed by atoms with Crippen LogP contribution in [0.3, 0.4) is 0 Å². The minimum Gasteiger partial charge on any atom is -0.481 e. The number of alkyl carbamates (subject to hydrolysis) is 1. The molecule has 1 rings (SSSR count). The third-order valence-corrected chi connectivity index (χ3v) is 2.91. The number of hydrogen-bond acceptors (Lipinski definition) is 3. The highest BCUT2D eigenvalue weighted by Crippen LogP contribution is 2.37. The minimum absolute atomic E-state index is 0.113. The maximum Gasteiger partial charge on any atom is 0.407 e. The molecule has 16 heavy (non-hydrogen) atoms. The molecule has 0 aromatic carbocycles. The lowest BCUT2D eigenvalue weighted by Crippen LogP contribution is -2.35. The monoisotopic (exact) mass is 227 g/mol. The van der Waals surface area contributed by atoms with Crippen LogP contribution >= 0.6 is 0 Å². The van der Waals surface area contributed by atoms with Crippen LogP contribution in [0, 0.1) is 5.41 Å². The largest absolute Gasteiger partial charge is 0.481 e. The highest BCUT2D eigenvalue weighted by atomic mass is 16.5. The SMILES string of the molecule is C=CCOC(=O)NC1CCC(C)(C(=O)O)C1. The number of carboxylic acids is 1. The van der Waals surface area contributed by atoms with E-state index in [0.29, 0.717) is 19.3 Å². The Kier molecular flexibility index (Phi) is 3.93. The summed E-state index contributed by atoms with van der Waals surface area (Å²) in [5.41, 5.74) is -0.726. The standard InChI is InChI=1S/C11H17NO4/c1-3-6-16-10(15)12-8-4-5-11(2,7-8)9(13)14/h3,8H,1,4-7H2,2H3,(H,12,15)(H,13,14). The maximum absolute atomic E-state index is 11.2. The topological polar surface area (TPSA) is 75.6 Å². The van der Waals surface area contributed by atoms with Crippen molar-refractivity contribution in [1.82, 2.24) is 5.32 Å². The molecule has 0 aromatic rings. The van der Waals surface area contributed by atoms with E-state index in [1.807, 2.05) is 0 Å². The van der Waals surface area contributed by atoms with E-state index in [2.05, 4.69) is 11.9 Å². The van der Waals surface area contributed by atoms with E-state index in [1.54, 1.807) is 6.92 Å². The van der Waals surface area contributed by atoms with E-state index < -0.39 is 17.5 Å². The summed E-state index contributed by atoms with van der Waals surface area (Å²) in [7, 11) is 0. The predicted octanol–water partition coefficient (Wildman–Crippen LogP) is 1.54. The summed E-state index contributed by atoms with van der Waals surface area (Å²) >= 11 is 0. The van der Waals surface area contributed by atoms with Crippen LogP contribution in [0.2, 0.25) is 0 Å². The fraction of sp³-hybridized carbons (Fsp3) is 0.636. The lowest BCUT2D eigenvalue weighted by molar-refractivity contribution is -0.147. The van der Waals surface area contributed by atoms with Crippen molar-refractivity contribution in [3.8, 4) is 0 Å². The number of amides is 1. The summed E-state index contributed by atoms with van der Waals surface area (Å²) in [5, 5.41) is 11.7. The first-order valence-corrected chi connectivity index (χ1v) is 5.25. The van der Waals surface area contributed by atoms with Gasteiger partial charge in [-0.15, -0.1) is 0 Å². The lowest BCUT2D eigenvalue weighted by Gasteiger charge is -2.18. The number of carbonyl (C=O) groups excluding carboxylic acids is 1. The van der Waals surface area contributed by atoms with Gasteiger partial charge in [-0.05, 0) is 26.2 Å². The molecule has 5 nitrogen and oxygen atoms in total. The van der Waals surface area contributed by atoms with Crippen molar-refractivity contribution >= 4 is 12.1 Å². The van der Waals surface area contributed by atoms with Gasteiger partial charge < -0.3 is 15.2 Å². The Labute approximate surface area is 94.5 Å². The molecule has 2 atom stereocenters. The van der Waals surface area contributed by atoms with Crippen LogP contribution in [0.4, 0.5) is 4.79 Å². The number of carboxylic acid groups (broad SMARTS) is 1. The van der Waals surface area contributed by atoms with Crippen molar-refractivity contribution < 1.29 is 19.4 Å². The highest BCUT2D eigenvalue weighted by Gasteiger charge is 2.41. The van der Waals surface area contributed by atoms with Gasteiger partial charge in [0.15, 0.2) is 0 Å². The fourth-order valence-electron chi connectivity index (χ4n) is 1.90. The Hall–Kier alpha value is -1.52. The van der Waals surface area contributed by atoms with E-state index in [1.165, 1.54) is 6.08 Å². The minimum atomic E-state index is -0.809. The van der Waals surface area contributed by atoms with E-state index in [9.17, 15) is 9.59 Å². The van der Waals surface area contributed by atoms with Crippen LogP contribution in [0.15, 0.2) is 12.7 Å². The number of nitrogens with one attached hydrogen (secondary N) is 1. The normalized spacial score (nSPS) is 28.4. The third kappa shape index (κ3) is 2.98. The molecule has 1 fully saturated rings. The maximum atomic E-state index is 11.2. The molecule has 1 aliphatic carbocycles. The Morgan fingerprint density at radius 1 is 1.69 bits per heavy atom. The summed E-state index contributed by atoms with van der Waals surface area (Å²) in [6, 6.07) is -0.113. The quantitative estimate of drug-likeness (QED) is 0.714. The number of ether oxygens (including phenoxy) is 1. The average Bonchev–Trinajstić information content (AvgIpc) is 2.58. The summed E-state index contributed by atoms with van der Waals surface area (Å²) < 4.78 is 4.77. The van der Waals surface area contributed by atoms with Gasteiger partial charge in [0.25, 0.3) is 0 Å². The zero-order chi connectivity index (χ0) is 12.2. The van der Waals surface area contributed by atoms with Gasteiger partial charge in [-0.2, -0.15) is 0 Å². The Balaban J connectivity index is 2.39. The Morgan fingerprint density at radius 3 is 2.88 bits per heavy atom. The summed E-state index contributed by atoms with van der Waals surface area (Å²) in [4.78, 5) is 22.2. The summed E-state index contributed by atoms with van der Waals surface area (Å²) in [6.45, 7) is 5.29. The van der Waals surface area contributed by atoms with Crippen molar-refractivity contribution in [1.29, 1.82) is 0 Å². The average molecular weight is 227 g/mol. The van der Waals surface area contributed by atoms with Gasteiger partial charge in [0.05, 0.1) is 5.41 Å². The number of carbonyl (C=O) groups is 2. The molecule has 0 heterocycles. The molecule has 2 unspecified atom stereocenters. The predicted molar refractivity (Wildman–Crippen MR) is 58.1 cm³/mol. The van der Waals surface area contributed by atoms with Gasteiger partial charge in [-0.25, -0.2) is 4.79 Å². The molecule has 0 aromatic heterocycles. The highest BCUT2D eigenvalue weighted by molar-refractivity contribution is 5.75. The van der Waals surface area contributed by atoms with Gasteiger partial charge in [0.2, 0.25) is 0 Å². The summed E-state index contributed by atoms with van der Waals surface area (Å²) in [6.07, 6.45) is 2.67. The molecule has 1 amide bonds. The van der Waals surface area contributed by atoms with Crippen molar-refractivity contribution in [3.05, 3.63) is 12.7 Å². The molecule has 90 valence electrons. The van der Waals surface area contributed by atoms with Crippen molar-refractivity contribution in [2.75, 3.05) is 6.61 Å². The molecule has 0 bridgehead atoms. The molecular weight excluding hydrogens is 210 g/mol. The molecule has 0 spiro atoms. The van der Waals surface area contributed by atoms with Gasteiger partial charge in [-0.1, -0.05) is 12.7 Å². The molecule has 2 N–H and O–H groups in total. The van der Waals surface area contributed by atoms with Crippen molar-refractivity contribution in [2.24, 2.45) is 5.41 Å². The van der Waals surface area contributed by atoms with Gasteiger partial charge in [0.1, 0.15) is 6.61 Å². The molecule has 0 saturated heterocycles. The first-order valence-electron chi connectivity index (χ1n) is 5.25. The van der Waals surface area contributed by atoms with E-state index >= 15 is 0 Å². The van der Waals surface area contributed by atoms with Gasteiger partial charge >= 0.3 is 12.1 Å². The molecule has 1 saturated carbocycles. The molecule has 0 aliphatic heterocycles. The molecule has 1 aliphatic rings. The fourth-order valence-corrected chi connectivity index (χ4v) is 1.90. The second-order valence-corrected chi connectivity index (χ2v) is 4.34. The van der Waals surface area contributed by atoms with Gasteiger partial charge in [-0.3, -0.25) is 4.79 Å². The molecule has 0 radical (unpaired) electrons. The second kappa shape index (κ2) is 5.01. The Bertz CT molecular complexity index is 302. The zero-order valence-electron chi connectivity index (χ0n) is 9.36. The lowest BCUT2D eigenvalue weighted by atomic mass is 9.89. The van der Waals surface area contributed by atoms with Crippen LogP contribution in [0.1, 0.15) is 26.2 Å². The van der Waals surface area contributed by atoms with Crippen LogP contribution in [0.25, 0.3) is 0 Å². The first-order chi connectivity index (χ1) is 7.48. The van der Waals surface area contributed by atoms with Crippen molar-refractivity contribution in [2.45, 2.75) is 32.2 Å². The first kappa shape index (κ1) is 12.5. The van der Waals surface area contributed by atoms with E-state index in [4.69, 9.17) is 9.84 Å². The Morgan fingerprint density at radius 2 is 2.38 bits per heavy atom. The van der Waals surface area contributed by atoms with Gasteiger partial charge in [0, 0.05) is 6.04 Å². The number of rotatable bonds is 4. The third-order valence-electron chi connectivity index (χ3n) is 2.91.